The first-order chi connectivity index (χ1) is 20.5. The summed E-state index contributed by atoms with van der Waals surface area (Å²) in [6, 6.07) is 38.7. The molecule has 0 aliphatic heterocycles. The topological polar surface area (TPSA) is 38.3 Å². The molecule has 220 valence electrons. The molecule has 0 saturated heterocycles. The molecule has 0 unspecified atom stereocenters. The van der Waals surface area contributed by atoms with E-state index in [-0.39, 0.29) is 22.6 Å². The normalized spacial score (nSPS) is 12.7. The molecular formula is C33H24BrCl2F3NO2P. The van der Waals surface area contributed by atoms with Crippen molar-refractivity contribution in [3.63, 3.8) is 0 Å². The average molecular weight is 705 g/mol. The summed E-state index contributed by atoms with van der Waals surface area (Å²) < 4.78 is 46.5. The maximum absolute atomic E-state index is 13.5. The molecule has 5 rings (SSSR count). The van der Waals surface area contributed by atoms with E-state index >= 15 is 0 Å². The molecule has 1 N–H and O–H groups in total. The molecule has 10 heteroatoms. The van der Waals surface area contributed by atoms with Crippen LogP contribution in [0.25, 0.3) is 0 Å². The van der Waals surface area contributed by atoms with Gasteiger partial charge in [-0.3, -0.25) is 0 Å². The standard InChI is InChI=1S/C33H24BrCl2F3NO2P/c34-43(26-10-4-1-5-11-26,27-12-6-2-7-13-27,28-14-8-3-9-15-28)22-23-20-31(42-25-18-16-24(35)17-19-25)29(36)21-30(23)40-32(41)33(37,38)39/h1-21H,22H2,(H,40,41). The van der Waals surface area contributed by atoms with Crippen molar-refractivity contribution in [1.82, 2.24) is 0 Å². The van der Waals surface area contributed by atoms with Gasteiger partial charge in [-0.2, -0.15) is 0 Å². The van der Waals surface area contributed by atoms with Crippen LogP contribution in [0.4, 0.5) is 18.9 Å². The summed E-state index contributed by atoms with van der Waals surface area (Å²) in [7, 11) is 0. The van der Waals surface area contributed by atoms with Crippen LogP contribution in [0, 0.1) is 0 Å². The van der Waals surface area contributed by atoms with Gasteiger partial charge in [0.05, 0.1) is 0 Å². The number of carbonyl (C=O) groups is 1. The van der Waals surface area contributed by atoms with E-state index in [0.717, 1.165) is 15.9 Å². The molecule has 5 aromatic rings. The predicted octanol–water partition coefficient (Wildman–Crippen LogP) is 9.63. The third-order valence-corrected chi connectivity index (χ3v) is 17.1. The first-order valence-electron chi connectivity index (χ1n) is 13.0. The van der Waals surface area contributed by atoms with Crippen molar-refractivity contribution in [2.24, 2.45) is 0 Å². The molecule has 0 bridgehead atoms. The van der Waals surface area contributed by atoms with Gasteiger partial charge >= 0.3 is 266 Å². The van der Waals surface area contributed by atoms with Crippen LogP contribution in [-0.4, -0.2) is 12.1 Å². The molecule has 0 saturated carbocycles. The SMILES string of the molecule is O=C(Nc1cc(Cl)c(Oc2ccc(Cl)cc2)cc1CP(Br)(c1ccccc1)(c1ccccc1)c1ccccc1)C(F)(F)F. The molecule has 5 aromatic carbocycles. The van der Waals surface area contributed by atoms with Crippen LogP contribution >= 0.6 is 44.0 Å². The van der Waals surface area contributed by atoms with Gasteiger partial charge < -0.3 is 0 Å². The monoisotopic (exact) mass is 703 g/mol. The Labute approximate surface area is 265 Å². The van der Waals surface area contributed by atoms with Crippen molar-refractivity contribution in [3.05, 3.63) is 143 Å². The molecule has 0 aliphatic carbocycles. The molecule has 43 heavy (non-hydrogen) atoms. The van der Waals surface area contributed by atoms with Crippen molar-refractivity contribution in [2.45, 2.75) is 12.3 Å². The fraction of sp³-hybridized carbons (Fsp3) is 0.0606. The van der Waals surface area contributed by atoms with E-state index in [9.17, 15) is 18.0 Å². The van der Waals surface area contributed by atoms with Gasteiger partial charge in [0.1, 0.15) is 0 Å². The Morgan fingerprint density at radius 3 is 1.65 bits per heavy atom. The van der Waals surface area contributed by atoms with Crippen LogP contribution in [0.15, 0.2) is 127 Å². The first kappa shape index (κ1) is 31.1. The number of ether oxygens (including phenoxy) is 1. The van der Waals surface area contributed by atoms with Crippen LogP contribution in [-0.2, 0) is 11.0 Å². The van der Waals surface area contributed by atoms with Crippen molar-refractivity contribution >= 4 is 71.5 Å². The number of hydrogen-bond acceptors (Lipinski definition) is 2. The van der Waals surface area contributed by atoms with E-state index in [0.29, 0.717) is 16.3 Å². The van der Waals surface area contributed by atoms with Crippen LogP contribution in [0.2, 0.25) is 10.0 Å². The van der Waals surface area contributed by atoms with Gasteiger partial charge in [-0.15, -0.1) is 0 Å². The second-order valence-corrected chi connectivity index (χ2v) is 19.6. The molecule has 3 nitrogen and oxygen atoms in total. The predicted molar refractivity (Wildman–Crippen MR) is 175 cm³/mol. The summed E-state index contributed by atoms with van der Waals surface area (Å²) in [4.78, 5) is 12.2. The van der Waals surface area contributed by atoms with E-state index < -0.39 is 17.4 Å². The van der Waals surface area contributed by atoms with Gasteiger partial charge in [0.2, 0.25) is 0 Å². The van der Waals surface area contributed by atoms with Gasteiger partial charge in [0.25, 0.3) is 0 Å². The van der Waals surface area contributed by atoms with E-state index in [2.05, 4.69) is 20.8 Å². The van der Waals surface area contributed by atoms with Gasteiger partial charge in [-0.25, -0.2) is 0 Å². The Morgan fingerprint density at radius 2 is 1.21 bits per heavy atom. The number of nitrogens with one attached hydrogen (secondary N) is 1. The number of hydrogen-bond donors (Lipinski definition) is 1. The van der Waals surface area contributed by atoms with Crippen LogP contribution in [0.1, 0.15) is 5.56 Å². The summed E-state index contributed by atoms with van der Waals surface area (Å²) in [6.07, 6.45) is -4.94. The Balaban J connectivity index is 1.78. The average Bonchev–Trinajstić information content (AvgIpc) is 3.01. The summed E-state index contributed by atoms with van der Waals surface area (Å²) in [5, 5.41) is 1.71. The van der Waals surface area contributed by atoms with Gasteiger partial charge in [-0.05, 0) is 0 Å². The van der Waals surface area contributed by atoms with Crippen molar-refractivity contribution < 1.29 is 22.7 Å². The molecule has 0 aromatic heterocycles. The van der Waals surface area contributed by atoms with Crippen LogP contribution < -0.4 is 26.0 Å². The van der Waals surface area contributed by atoms with Gasteiger partial charge in [0, 0.05) is 0 Å². The Hall–Kier alpha value is -3.35. The molecule has 0 atom stereocenters. The first-order valence-corrected chi connectivity index (χ1v) is 18.2. The van der Waals surface area contributed by atoms with Crippen LogP contribution in [0.3, 0.4) is 0 Å². The van der Waals surface area contributed by atoms with Crippen molar-refractivity contribution in [1.29, 1.82) is 0 Å². The van der Waals surface area contributed by atoms with E-state index in [1.54, 1.807) is 30.3 Å². The van der Waals surface area contributed by atoms with Crippen molar-refractivity contribution in [2.75, 3.05) is 5.32 Å². The van der Waals surface area contributed by atoms with E-state index in [4.69, 9.17) is 27.9 Å². The molecule has 0 aliphatic rings. The second kappa shape index (κ2) is 12.3. The second-order valence-electron chi connectivity index (χ2n) is 9.80. The summed E-state index contributed by atoms with van der Waals surface area (Å²) >= 11 is 16.9. The molecule has 0 heterocycles. The molecule has 0 radical (unpaired) electrons. The fourth-order valence-electron chi connectivity index (χ4n) is 5.00. The number of halogens is 6. The summed E-state index contributed by atoms with van der Waals surface area (Å²) in [5.41, 5.74) is 0.309. The minimum atomic E-state index is -5.11. The number of rotatable bonds is 8. The molecular weight excluding hydrogens is 681 g/mol. The van der Waals surface area contributed by atoms with Crippen LogP contribution in [0.5, 0.6) is 11.5 Å². The zero-order valence-corrected chi connectivity index (χ0v) is 26.4. The fourth-order valence-corrected chi connectivity index (χ4v) is 13.0. The zero-order chi connectivity index (χ0) is 30.7. The maximum atomic E-state index is 13.5. The zero-order valence-electron chi connectivity index (χ0n) is 22.4. The molecule has 0 spiro atoms. The Morgan fingerprint density at radius 1 is 0.744 bits per heavy atom. The third-order valence-electron chi connectivity index (χ3n) is 7.06. The quantitative estimate of drug-likeness (QED) is 0.163. The van der Waals surface area contributed by atoms with Gasteiger partial charge in [-0.1, -0.05) is 0 Å². The summed E-state index contributed by atoms with van der Waals surface area (Å²) in [5.74, 6) is -1.48. The number of carbonyl (C=O) groups excluding carboxylic acids is 1. The minimum absolute atomic E-state index is 0.0187. The van der Waals surface area contributed by atoms with E-state index in [1.165, 1.54) is 6.07 Å². The third kappa shape index (κ3) is 6.32. The number of alkyl halides is 3. The molecule has 1 amide bonds. The number of amides is 1. The summed E-state index contributed by atoms with van der Waals surface area (Å²) in [6.45, 7) is 0. The van der Waals surface area contributed by atoms with Crippen molar-refractivity contribution in [3.8, 4) is 11.5 Å². The Bertz CT molecular complexity index is 1640. The Kier molecular flexibility index (Phi) is 8.92. The number of benzene rings is 5. The number of anilines is 1. The molecule has 0 fully saturated rings. The van der Waals surface area contributed by atoms with Gasteiger partial charge in [0.15, 0.2) is 0 Å². The van der Waals surface area contributed by atoms with E-state index in [1.807, 2.05) is 91.0 Å².